The van der Waals surface area contributed by atoms with Crippen LogP contribution < -0.4 is 5.73 Å². The average Bonchev–Trinajstić information content (AvgIpc) is 2.83. The summed E-state index contributed by atoms with van der Waals surface area (Å²) in [5.74, 6) is 1.51. The fourth-order valence-corrected chi connectivity index (χ4v) is 1.59. The lowest BCUT2D eigenvalue weighted by Gasteiger charge is -1.86. The number of nitrogen functional groups attached to an aromatic ring is 1. The molecule has 1 aromatic carbocycles. The molecular formula is C11H10N4O. The normalized spacial score (nSPS) is 11.1. The van der Waals surface area contributed by atoms with E-state index in [0.29, 0.717) is 17.5 Å². The lowest BCUT2D eigenvalue weighted by Crippen LogP contribution is -1.97. The van der Waals surface area contributed by atoms with Gasteiger partial charge in [-0.2, -0.15) is 4.98 Å². The zero-order chi connectivity index (χ0) is 11.1. The molecule has 0 unspecified atom stereocenters. The van der Waals surface area contributed by atoms with Crippen LogP contribution in [0.1, 0.15) is 0 Å². The van der Waals surface area contributed by atoms with Gasteiger partial charge in [0.05, 0.1) is 0 Å². The quantitative estimate of drug-likeness (QED) is 0.670. The van der Waals surface area contributed by atoms with Crippen LogP contribution in [-0.2, 0) is 7.05 Å². The summed E-state index contributed by atoms with van der Waals surface area (Å²) in [6.45, 7) is 0. The van der Waals surface area contributed by atoms with Gasteiger partial charge in [0.25, 0.3) is 0 Å². The van der Waals surface area contributed by atoms with E-state index in [-0.39, 0.29) is 0 Å². The molecule has 0 saturated heterocycles. The van der Waals surface area contributed by atoms with Crippen molar-refractivity contribution in [1.82, 2.24) is 14.8 Å². The summed E-state index contributed by atoms with van der Waals surface area (Å²) in [7, 11) is 1.74. The van der Waals surface area contributed by atoms with Gasteiger partial charge in [0.15, 0.2) is 5.76 Å². The van der Waals surface area contributed by atoms with Gasteiger partial charge in [-0.1, -0.05) is 18.2 Å². The van der Waals surface area contributed by atoms with Gasteiger partial charge in [0.2, 0.25) is 11.8 Å². The summed E-state index contributed by atoms with van der Waals surface area (Å²) < 4.78 is 7.14. The van der Waals surface area contributed by atoms with Crippen molar-refractivity contribution in [2.24, 2.45) is 7.05 Å². The summed E-state index contributed by atoms with van der Waals surface area (Å²) >= 11 is 0. The third-order valence-corrected chi connectivity index (χ3v) is 2.44. The molecule has 5 heteroatoms. The van der Waals surface area contributed by atoms with Gasteiger partial charge in [-0.05, 0) is 12.1 Å². The van der Waals surface area contributed by atoms with Gasteiger partial charge in [0.1, 0.15) is 5.58 Å². The third-order valence-electron chi connectivity index (χ3n) is 2.44. The highest BCUT2D eigenvalue weighted by atomic mass is 16.3. The molecule has 0 atom stereocenters. The maximum Gasteiger partial charge on any atom is 0.218 e. The Morgan fingerprint density at radius 2 is 2.12 bits per heavy atom. The Kier molecular flexibility index (Phi) is 1.73. The number of rotatable bonds is 1. The second-order valence-corrected chi connectivity index (χ2v) is 3.57. The van der Waals surface area contributed by atoms with Gasteiger partial charge in [-0.3, -0.25) is 0 Å². The fraction of sp³-hybridized carbons (Fsp3) is 0.0909. The number of fused-ring (bicyclic) bond motifs is 1. The van der Waals surface area contributed by atoms with E-state index in [0.717, 1.165) is 11.0 Å². The van der Waals surface area contributed by atoms with Gasteiger partial charge in [-0.15, -0.1) is 5.10 Å². The number of hydrogen-bond donors (Lipinski definition) is 1. The highest BCUT2D eigenvalue weighted by Crippen LogP contribution is 2.25. The molecule has 0 fully saturated rings. The number of nitrogens with two attached hydrogens (primary N) is 1. The molecule has 3 aromatic rings. The zero-order valence-electron chi connectivity index (χ0n) is 8.71. The number of aryl methyl sites for hydroxylation is 1. The molecule has 0 bridgehead atoms. The van der Waals surface area contributed by atoms with Crippen molar-refractivity contribution in [2.45, 2.75) is 0 Å². The molecule has 0 spiro atoms. The first-order chi connectivity index (χ1) is 7.74. The Bertz CT molecular complexity index is 600. The van der Waals surface area contributed by atoms with Crippen LogP contribution in [0, 0.1) is 0 Å². The number of benzene rings is 1. The Balaban J connectivity index is 2.18. The van der Waals surface area contributed by atoms with Crippen molar-refractivity contribution in [3.63, 3.8) is 0 Å². The standard InChI is InChI=1S/C11H10N4O/c1-15-11(12)13-10(14-15)9-6-7-4-2-3-5-8(7)16-9/h2-6H,1H3,(H2,12,13,14). The SMILES string of the molecule is Cn1nc(-c2cc3ccccc3o2)nc1N. The Morgan fingerprint density at radius 3 is 2.81 bits per heavy atom. The Labute approximate surface area is 91.5 Å². The topological polar surface area (TPSA) is 69.9 Å². The summed E-state index contributed by atoms with van der Waals surface area (Å²) in [4.78, 5) is 4.11. The maximum absolute atomic E-state index is 5.63. The van der Waals surface area contributed by atoms with E-state index in [9.17, 15) is 0 Å². The molecule has 2 N–H and O–H groups in total. The average molecular weight is 214 g/mol. The third kappa shape index (κ3) is 1.25. The summed E-state index contributed by atoms with van der Waals surface area (Å²) in [5.41, 5.74) is 6.44. The second kappa shape index (κ2) is 3.10. The molecule has 80 valence electrons. The molecule has 0 aliphatic carbocycles. The summed E-state index contributed by atoms with van der Waals surface area (Å²) in [5, 5.41) is 5.19. The van der Waals surface area contributed by atoms with Crippen LogP contribution in [0.15, 0.2) is 34.7 Å². The van der Waals surface area contributed by atoms with E-state index in [4.69, 9.17) is 10.2 Å². The van der Waals surface area contributed by atoms with E-state index >= 15 is 0 Å². The first-order valence-electron chi connectivity index (χ1n) is 4.89. The number of hydrogen-bond acceptors (Lipinski definition) is 4. The van der Waals surface area contributed by atoms with Crippen LogP contribution >= 0.6 is 0 Å². The molecular weight excluding hydrogens is 204 g/mol. The van der Waals surface area contributed by atoms with E-state index in [2.05, 4.69) is 10.1 Å². The fourth-order valence-electron chi connectivity index (χ4n) is 1.59. The van der Waals surface area contributed by atoms with Crippen molar-refractivity contribution in [2.75, 3.05) is 5.73 Å². The van der Waals surface area contributed by atoms with Crippen molar-refractivity contribution < 1.29 is 4.42 Å². The Morgan fingerprint density at radius 1 is 1.31 bits per heavy atom. The molecule has 2 heterocycles. The smallest absolute Gasteiger partial charge is 0.218 e. The number of furan rings is 1. The molecule has 0 saturated carbocycles. The number of nitrogens with zero attached hydrogens (tertiary/aromatic N) is 3. The van der Waals surface area contributed by atoms with Gasteiger partial charge < -0.3 is 10.2 Å². The molecule has 0 amide bonds. The first kappa shape index (κ1) is 8.96. The Hall–Kier alpha value is -2.30. The molecule has 5 nitrogen and oxygen atoms in total. The van der Waals surface area contributed by atoms with Crippen LogP contribution in [0.3, 0.4) is 0 Å². The monoisotopic (exact) mass is 214 g/mol. The first-order valence-corrected chi connectivity index (χ1v) is 4.89. The van der Waals surface area contributed by atoms with Gasteiger partial charge in [0, 0.05) is 12.4 Å². The summed E-state index contributed by atoms with van der Waals surface area (Å²) in [6, 6.07) is 9.68. The van der Waals surface area contributed by atoms with Gasteiger partial charge >= 0.3 is 0 Å². The van der Waals surface area contributed by atoms with E-state index in [1.165, 1.54) is 4.68 Å². The minimum atomic E-state index is 0.371. The molecule has 2 aromatic heterocycles. The largest absolute Gasteiger partial charge is 0.453 e. The van der Waals surface area contributed by atoms with Crippen LogP contribution in [0.4, 0.5) is 5.95 Å². The zero-order valence-corrected chi connectivity index (χ0v) is 8.71. The maximum atomic E-state index is 5.63. The molecule has 0 aliphatic rings. The van der Waals surface area contributed by atoms with Crippen LogP contribution in [0.5, 0.6) is 0 Å². The van der Waals surface area contributed by atoms with E-state index in [1.807, 2.05) is 30.3 Å². The molecule has 0 radical (unpaired) electrons. The summed E-state index contributed by atoms with van der Waals surface area (Å²) in [6.07, 6.45) is 0. The second-order valence-electron chi connectivity index (χ2n) is 3.57. The van der Waals surface area contributed by atoms with Crippen molar-refractivity contribution in [3.05, 3.63) is 30.3 Å². The van der Waals surface area contributed by atoms with Crippen LogP contribution in [0.2, 0.25) is 0 Å². The minimum absolute atomic E-state index is 0.371. The lowest BCUT2D eigenvalue weighted by molar-refractivity contribution is 0.623. The molecule has 3 rings (SSSR count). The number of para-hydroxylation sites is 1. The number of anilines is 1. The highest BCUT2D eigenvalue weighted by molar-refractivity contribution is 5.81. The predicted octanol–water partition coefficient (Wildman–Crippen LogP) is 1.81. The van der Waals surface area contributed by atoms with Crippen molar-refractivity contribution in [1.29, 1.82) is 0 Å². The van der Waals surface area contributed by atoms with Crippen LogP contribution in [0.25, 0.3) is 22.6 Å². The lowest BCUT2D eigenvalue weighted by atomic mass is 10.2. The molecule has 16 heavy (non-hydrogen) atoms. The molecule has 0 aliphatic heterocycles. The van der Waals surface area contributed by atoms with Gasteiger partial charge in [-0.25, -0.2) is 4.68 Å². The number of aromatic nitrogens is 3. The highest BCUT2D eigenvalue weighted by Gasteiger charge is 2.11. The van der Waals surface area contributed by atoms with E-state index in [1.54, 1.807) is 7.05 Å². The minimum Gasteiger partial charge on any atom is -0.453 e. The van der Waals surface area contributed by atoms with Crippen LogP contribution in [-0.4, -0.2) is 14.8 Å². The van der Waals surface area contributed by atoms with E-state index < -0.39 is 0 Å². The van der Waals surface area contributed by atoms with Crippen molar-refractivity contribution >= 4 is 16.9 Å². The predicted molar refractivity (Wildman–Crippen MR) is 60.6 cm³/mol. The van der Waals surface area contributed by atoms with Crippen molar-refractivity contribution in [3.8, 4) is 11.6 Å².